The Morgan fingerprint density at radius 3 is 0.898 bits per heavy atom. The standard InChI is InChI=1S/C39H74O6.C2H4O2/c1-4-7-10-13-16-19-22-25-28-31-37(40)43-34-36(45-39(42)33-30-27-24-21-18-15-12-9-6-3)35-44-38(41)32-29-26-23-20-17-14-11-8-5-2;1-2(3)4/h36H,4-35H2,1-3H3;1H3,(H,3,4). The average molecular weight is 699 g/mol. The molecular weight excluding hydrogens is 620 g/mol. The highest BCUT2D eigenvalue weighted by atomic mass is 16.6. The largest absolute Gasteiger partial charge is 0.481 e. The first-order valence-corrected chi connectivity index (χ1v) is 20.5. The molecule has 0 heterocycles. The van der Waals surface area contributed by atoms with Crippen LogP contribution >= 0.6 is 0 Å². The lowest BCUT2D eigenvalue weighted by Gasteiger charge is -2.18. The maximum Gasteiger partial charge on any atom is 0.306 e. The van der Waals surface area contributed by atoms with Crippen LogP contribution in [0.1, 0.15) is 220 Å². The zero-order valence-corrected chi connectivity index (χ0v) is 32.5. The molecule has 0 spiro atoms. The summed E-state index contributed by atoms with van der Waals surface area (Å²) < 4.78 is 16.5. The van der Waals surface area contributed by atoms with Crippen LogP contribution in [0.15, 0.2) is 0 Å². The van der Waals surface area contributed by atoms with Crippen LogP contribution in [0.4, 0.5) is 0 Å². The average Bonchev–Trinajstić information content (AvgIpc) is 3.07. The number of carboxylic acids is 1. The summed E-state index contributed by atoms with van der Waals surface area (Å²) in [7, 11) is 0. The van der Waals surface area contributed by atoms with Gasteiger partial charge in [0.2, 0.25) is 0 Å². The lowest BCUT2D eigenvalue weighted by Crippen LogP contribution is -2.30. The molecule has 0 unspecified atom stereocenters. The quantitative estimate of drug-likeness (QED) is 0.0395. The Kier molecular flexibility index (Phi) is 40.3. The van der Waals surface area contributed by atoms with Gasteiger partial charge in [-0.2, -0.15) is 0 Å². The summed E-state index contributed by atoms with van der Waals surface area (Å²) in [5.41, 5.74) is 0. The molecule has 0 aromatic heterocycles. The van der Waals surface area contributed by atoms with Gasteiger partial charge >= 0.3 is 17.9 Å². The summed E-state index contributed by atoms with van der Waals surface area (Å²) in [4.78, 5) is 46.3. The number of ether oxygens (including phenoxy) is 3. The SMILES string of the molecule is CC(=O)O.CCCCCCCCCCCC(=O)OCC(COC(=O)CCCCCCCCCCC)OC(=O)CCCCCCCCCCC. The minimum Gasteiger partial charge on any atom is -0.481 e. The summed E-state index contributed by atoms with van der Waals surface area (Å²) >= 11 is 0. The molecule has 8 nitrogen and oxygen atoms in total. The number of esters is 3. The van der Waals surface area contributed by atoms with E-state index in [2.05, 4.69) is 20.8 Å². The number of carbonyl (C=O) groups excluding carboxylic acids is 3. The molecule has 0 rings (SSSR count). The molecule has 0 bridgehead atoms. The van der Waals surface area contributed by atoms with E-state index in [-0.39, 0.29) is 31.1 Å². The Morgan fingerprint density at radius 2 is 0.633 bits per heavy atom. The van der Waals surface area contributed by atoms with Crippen molar-refractivity contribution >= 4 is 23.9 Å². The van der Waals surface area contributed by atoms with E-state index in [1.165, 1.54) is 116 Å². The van der Waals surface area contributed by atoms with Gasteiger partial charge in [0.15, 0.2) is 6.10 Å². The molecule has 8 heteroatoms. The van der Waals surface area contributed by atoms with Crippen molar-refractivity contribution in [3.8, 4) is 0 Å². The summed E-state index contributed by atoms with van der Waals surface area (Å²) in [6, 6.07) is 0. The highest BCUT2D eigenvalue weighted by molar-refractivity contribution is 5.71. The van der Waals surface area contributed by atoms with Crippen molar-refractivity contribution < 1.29 is 38.5 Å². The fourth-order valence-corrected chi connectivity index (χ4v) is 5.62. The van der Waals surface area contributed by atoms with Gasteiger partial charge in [0.1, 0.15) is 13.2 Å². The van der Waals surface area contributed by atoms with Crippen LogP contribution in [0, 0.1) is 0 Å². The summed E-state index contributed by atoms with van der Waals surface area (Å²) in [5, 5.41) is 7.42. The molecule has 0 radical (unpaired) electrons. The molecule has 1 N–H and O–H groups in total. The maximum atomic E-state index is 12.6. The van der Waals surface area contributed by atoms with Gasteiger partial charge in [-0.3, -0.25) is 19.2 Å². The van der Waals surface area contributed by atoms with Gasteiger partial charge in [0.05, 0.1) is 0 Å². The minimum atomic E-state index is -0.833. The number of carbonyl (C=O) groups is 4. The molecule has 290 valence electrons. The smallest absolute Gasteiger partial charge is 0.306 e. The maximum absolute atomic E-state index is 12.6. The van der Waals surface area contributed by atoms with E-state index in [1.54, 1.807) is 0 Å². The zero-order valence-electron chi connectivity index (χ0n) is 32.5. The highest BCUT2D eigenvalue weighted by Crippen LogP contribution is 2.14. The minimum absolute atomic E-state index is 0.0644. The van der Waals surface area contributed by atoms with E-state index < -0.39 is 12.1 Å². The summed E-state index contributed by atoms with van der Waals surface area (Å²) in [6.45, 7) is 7.65. The molecule has 0 fully saturated rings. The third-order valence-electron chi connectivity index (χ3n) is 8.61. The van der Waals surface area contributed by atoms with Gasteiger partial charge in [-0.15, -0.1) is 0 Å². The first-order valence-electron chi connectivity index (χ1n) is 20.5. The summed E-state index contributed by atoms with van der Waals surface area (Å²) in [6.07, 6.45) is 32.3. The van der Waals surface area contributed by atoms with Gasteiger partial charge in [0.25, 0.3) is 5.97 Å². The van der Waals surface area contributed by atoms with Gasteiger partial charge in [0, 0.05) is 26.2 Å². The van der Waals surface area contributed by atoms with Gasteiger partial charge in [-0.05, 0) is 19.3 Å². The van der Waals surface area contributed by atoms with Gasteiger partial charge in [-0.25, -0.2) is 0 Å². The van der Waals surface area contributed by atoms with Crippen LogP contribution in [-0.2, 0) is 33.4 Å². The molecule has 49 heavy (non-hydrogen) atoms. The summed E-state index contributed by atoms with van der Waals surface area (Å²) in [5.74, 6) is -1.70. The Balaban J connectivity index is 0. The van der Waals surface area contributed by atoms with Crippen molar-refractivity contribution in [1.82, 2.24) is 0 Å². The van der Waals surface area contributed by atoms with Gasteiger partial charge in [-0.1, -0.05) is 175 Å². The second-order valence-corrected chi connectivity index (χ2v) is 13.7. The van der Waals surface area contributed by atoms with E-state index in [4.69, 9.17) is 24.1 Å². The van der Waals surface area contributed by atoms with Crippen molar-refractivity contribution in [1.29, 1.82) is 0 Å². The Hall–Kier alpha value is -2.12. The Morgan fingerprint density at radius 1 is 0.408 bits per heavy atom. The van der Waals surface area contributed by atoms with Crippen molar-refractivity contribution in [3.63, 3.8) is 0 Å². The third kappa shape index (κ3) is 43.9. The number of carboxylic acid groups (broad SMARTS) is 1. The molecule has 0 saturated heterocycles. The second-order valence-electron chi connectivity index (χ2n) is 13.7. The first kappa shape index (κ1) is 49.0. The Bertz CT molecular complexity index is 712. The van der Waals surface area contributed by atoms with E-state index in [0.717, 1.165) is 64.7 Å². The zero-order chi connectivity index (χ0) is 36.6. The number of unbranched alkanes of at least 4 members (excludes halogenated alkanes) is 24. The van der Waals surface area contributed by atoms with E-state index in [1.807, 2.05) is 0 Å². The number of aliphatic carboxylic acids is 1. The van der Waals surface area contributed by atoms with Crippen LogP contribution < -0.4 is 0 Å². The van der Waals surface area contributed by atoms with Crippen LogP contribution in [0.25, 0.3) is 0 Å². The monoisotopic (exact) mass is 699 g/mol. The lowest BCUT2D eigenvalue weighted by molar-refractivity contribution is -0.167. The van der Waals surface area contributed by atoms with Crippen LogP contribution in [0.5, 0.6) is 0 Å². The Labute approximate surface area is 301 Å². The van der Waals surface area contributed by atoms with Crippen molar-refractivity contribution in [2.24, 2.45) is 0 Å². The van der Waals surface area contributed by atoms with Crippen molar-refractivity contribution in [3.05, 3.63) is 0 Å². The number of rotatable bonds is 35. The normalized spacial score (nSPS) is 10.8. The molecule has 0 aromatic rings. The van der Waals surface area contributed by atoms with E-state index in [9.17, 15) is 14.4 Å². The van der Waals surface area contributed by atoms with Gasteiger partial charge < -0.3 is 19.3 Å². The number of hydrogen-bond donors (Lipinski definition) is 1. The number of hydrogen-bond acceptors (Lipinski definition) is 7. The molecule has 0 aliphatic carbocycles. The first-order chi connectivity index (χ1) is 23.8. The van der Waals surface area contributed by atoms with E-state index in [0.29, 0.717) is 19.3 Å². The molecule has 0 aromatic carbocycles. The topological polar surface area (TPSA) is 116 Å². The predicted octanol–water partition coefficient (Wildman–Crippen LogP) is 11.8. The molecule has 0 amide bonds. The molecule has 0 aliphatic heterocycles. The highest BCUT2D eigenvalue weighted by Gasteiger charge is 2.19. The molecule has 0 saturated carbocycles. The lowest BCUT2D eigenvalue weighted by atomic mass is 10.1. The fraction of sp³-hybridized carbons (Fsp3) is 0.902. The molecule has 0 aliphatic rings. The molecular formula is C41H78O8. The van der Waals surface area contributed by atoms with Crippen molar-refractivity contribution in [2.45, 2.75) is 226 Å². The fourth-order valence-electron chi connectivity index (χ4n) is 5.62. The van der Waals surface area contributed by atoms with Crippen LogP contribution in [0.3, 0.4) is 0 Å². The third-order valence-corrected chi connectivity index (χ3v) is 8.61. The van der Waals surface area contributed by atoms with Crippen LogP contribution in [0.2, 0.25) is 0 Å². The van der Waals surface area contributed by atoms with Crippen molar-refractivity contribution in [2.75, 3.05) is 13.2 Å². The molecule has 0 atom stereocenters. The van der Waals surface area contributed by atoms with Crippen LogP contribution in [-0.4, -0.2) is 48.3 Å². The second kappa shape index (κ2) is 40.3. The van der Waals surface area contributed by atoms with E-state index >= 15 is 0 Å². The predicted molar refractivity (Wildman–Crippen MR) is 201 cm³/mol.